The molecule has 2 aromatic carbocycles. The van der Waals surface area contributed by atoms with Crippen molar-refractivity contribution >= 4 is 34.4 Å². The molecular weight excluding hydrogens is 438 g/mol. The zero-order valence-electron chi connectivity index (χ0n) is 18.8. The van der Waals surface area contributed by atoms with E-state index in [0.29, 0.717) is 35.8 Å². The van der Waals surface area contributed by atoms with E-state index >= 15 is 0 Å². The molecule has 0 N–H and O–H groups in total. The van der Waals surface area contributed by atoms with Gasteiger partial charge in [-0.15, -0.1) is 0 Å². The lowest BCUT2D eigenvalue weighted by Crippen LogP contribution is -2.48. The van der Waals surface area contributed by atoms with Crippen molar-refractivity contribution in [3.8, 4) is 0 Å². The summed E-state index contributed by atoms with van der Waals surface area (Å²) in [6, 6.07) is 13.0. The van der Waals surface area contributed by atoms with Gasteiger partial charge in [0.25, 0.3) is 11.8 Å². The third-order valence-corrected chi connectivity index (χ3v) is 7.07. The van der Waals surface area contributed by atoms with Gasteiger partial charge in [0, 0.05) is 51.9 Å². The van der Waals surface area contributed by atoms with Crippen molar-refractivity contribution in [3.05, 3.63) is 64.4 Å². The summed E-state index contributed by atoms with van der Waals surface area (Å²) in [5.74, 6) is 1.04. The van der Waals surface area contributed by atoms with Gasteiger partial charge in [0.05, 0.1) is 28.2 Å². The number of rotatable bonds is 4. The summed E-state index contributed by atoms with van der Waals surface area (Å²) in [7, 11) is 2.02. The smallest absolute Gasteiger partial charge is 0.255 e. The van der Waals surface area contributed by atoms with E-state index in [1.807, 2.05) is 47.2 Å². The molecule has 0 bridgehead atoms. The Kier molecular flexibility index (Phi) is 6.08. The number of hydrogen-bond acceptors (Lipinski definition) is 4. The molecule has 5 rings (SSSR count). The highest BCUT2D eigenvalue weighted by molar-refractivity contribution is 6.33. The van der Waals surface area contributed by atoms with Gasteiger partial charge in [0.1, 0.15) is 5.82 Å². The maximum atomic E-state index is 12.8. The van der Waals surface area contributed by atoms with Crippen LogP contribution in [-0.4, -0.2) is 75.3 Å². The second kappa shape index (κ2) is 9.15. The zero-order chi connectivity index (χ0) is 22.9. The van der Waals surface area contributed by atoms with Crippen LogP contribution in [0.25, 0.3) is 11.0 Å². The fourth-order valence-electron chi connectivity index (χ4n) is 4.74. The average Bonchev–Trinajstić information content (AvgIpc) is 3.48. The van der Waals surface area contributed by atoms with Crippen LogP contribution in [0.15, 0.2) is 42.5 Å². The molecule has 3 aromatic rings. The minimum absolute atomic E-state index is 0.0156. The van der Waals surface area contributed by atoms with Crippen LogP contribution in [0.1, 0.15) is 39.4 Å². The van der Waals surface area contributed by atoms with Gasteiger partial charge in [-0.2, -0.15) is 0 Å². The first-order valence-corrected chi connectivity index (χ1v) is 11.9. The van der Waals surface area contributed by atoms with Crippen LogP contribution in [0.3, 0.4) is 0 Å². The van der Waals surface area contributed by atoms with Crippen molar-refractivity contribution in [1.82, 2.24) is 24.3 Å². The van der Waals surface area contributed by atoms with Crippen LogP contribution in [0, 0.1) is 0 Å². The van der Waals surface area contributed by atoms with Crippen molar-refractivity contribution in [2.45, 2.75) is 19.4 Å². The predicted octanol–water partition coefficient (Wildman–Crippen LogP) is 3.42. The lowest BCUT2D eigenvalue weighted by molar-refractivity contribution is 0.0624. The molecule has 0 spiro atoms. The summed E-state index contributed by atoms with van der Waals surface area (Å²) in [5, 5.41) is 0.493. The second-order valence-electron chi connectivity index (χ2n) is 8.84. The van der Waals surface area contributed by atoms with Gasteiger partial charge >= 0.3 is 0 Å². The van der Waals surface area contributed by atoms with Gasteiger partial charge in [-0.05, 0) is 43.2 Å². The molecule has 2 aliphatic rings. The molecule has 0 atom stereocenters. The van der Waals surface area contributed by atoms with E-state index < -0.39 is 0 Å². The highest BCUT2D eigenvalue weighted by Crippen LogP contribution is 2.22. The number of fused-ring (bicyclic) bond motifs is 1. The van der Waals surface area contributed by atoms with E-state index in [1.165, 1.54) is 0 Å². The van der Waals surface area contributed by atoms with E-state index in [0.717, 1.165) is 55.9 Å². The van der Waals surface area contributed by atoms with Crippen molar-refractivity contribution < 1.29 is 9.59 Å². The lowest BCUT2D eigenvalue weighted by atomic mass is 10.2. The maximum Gasteiger partial charge on any atom is 0.255 e. The number of nitrogens with zero attached hydrogens (tertiary/aromatic N) is 5. The number of halogens is 1. The minimum atomic E-state index is -0.0156. The Morgan fingerprint density at radius 2 is 1.61 bits per heavy atom. The van der Waals surface area contributed by atoms with Gasteiger partial charge in [-0.3, -0.25) is 14.5 Å². The number of aromatic nitrogens is 2. The van der Waals surface area contributed by atoms with Crippen LogP contribution in [0.5, 0.6) is 0 Å². The first kappa shape index (κ1) is 21.9. The molecule has 3 heterocycles. The van der Waals surface area contributed by atoms with Crippen LogP contribution in [0.2, 0.25) is 5.02 Å². The summed E-state index contributed by atoms with van der Waals surface area (Å²) in [6.45, 7) is 5.25. The third-order valence-electron chi connectivity index (χ3n) is 6.74. The maximum absolute atomic E-state index is 12.8. The summed E-state index contributed by atoms with van der Waals surface area (Å²) in [6.07, 6.45) is 2.16. The number of benzene rings is 2. The monoisotopic (exact) mass is 465 g/mol. The van der Waals surface area contributed by atoms with Gasteiger partial charge < -0.3 is 14.4 Å². The predicted molar refractivity (Wildman–Crippen MR) is 128 cm³/mol. The number of hydrogen-bond donors (Lipinski definition) is 0. The molecule has 0 unspecified atom stereocenters. The van der Waals surface area contributed by atoms with Crippen molar-refractivity contribution in [1.29, 1.82) is 0 Å². The summed E-state index contributed by atoms with van der Waals surface area (Å²) in [5.41, 5.74) is 3.14. The lowest BCUT2D eigenvalue weighted by Gasteiger charge is -2.34. The molecule has 0 radical (unpaired) electrons. The van der Waals surface area contributed by atoms with Crippen LogP contribution < -0.4 is 0 Å². The summed E-state index contributed by atoms with van der Waals surface area (Å²) >= 11 is 6.21. The molecule has 172 valence electrons. The highest BCUT2D eigenvalue weighted by Gasteiger charge is 2.25. The quantitative estimate of drug-likeness (QED) is 0.592. The average molecular weight is 466 g/mol. The fourth-order valence-corrected chi connectivity index (χ4v) is 4.96. The number of carbonyl (C=O) groups is 2. The Balaban J connectivity index is 1.25. The molecule has 0 aliphatic carbocycles. The topological polar surface area (TPSA) is 61.7 Å². The van der Waals surface area contributed by atoms with Crippen molar-refractivity contribution in [2.24, 2.45) is 7.05 Å². The van der Waals surface area contributed by atoms with Crippen molar-refractivity contribution in [3.63, 3.8) is 0 Å². The Morgan fingerprint density at radius 1 is 0.909 bits per heavy atom. The molecule has 1 aromatic heterocycles. The SMILES string of the molecule is Cn1c(CN2CCN(C(=O)c3ccccc3Cl)CC2)nc2cc(C(=O)N3CCCC3)ccc21. The standard InChI is InChI=1S/C25H28ClN5O2/c1-28-22-9-8-18(24(32)30-10-4-5-11-30)16-21(22)27-23(28)17-29-12-14-31(15-13-29)25(33)19-6-2-3-7-20(19)26/h2-3,6-9,16H,4-5,10-15,17H2,1H3. The van der Waals surface area contributed by atoms with Gasteiger partial charge in [0.2, 0.25) is 0 Å². The normalized spacial score (nSPS) is 17.2. The van der Waals surface area contributed by atoms with Crippen molar-refractivity contribution in [2.75, 3.05) is 39.3 Å². The van der Waals surface area contributed by atoms with E-state index in [9.17, 15) is 9.59 Å². The molecule has 2 aliphatic heterocycles. The Labute approximate surface area is 198 Å². The molecule has 2 fully saturated rings. The van der Waals surface area contributed by atoms with Gasteiger partial charge in [0.15, 0.2) is 0 Å². The molecular formula is C25H28ClN5O2. The summed E-state index contributed by atoms with van der Waals surface area (Å²) in [4.78, 5) is 36.5. The minimum Gasteiger partial charge on any atom is -0.339 e. The molecule has 2 amide bonds. The molecule has 8 heteroatoms. The van der Waals surface area contributed by atoms with E-state index in [1.54, 1.807) is 12.1 Å². The fraction of sp³-hybridized carbons (Fsp3) is 0.400. The van der Waals surface area contributed by atoms with E-state index in [4.69, 9.17) is 16.6 Å². The highest BCUT2D eigenvalue weighted by atomic mass is 35.5. The van der Waals surface area contributed by atoms with E-state index in [2.05, 4.69) is 9.47 Å². The third kappa shape index (κ3) is 4.35. The molecule has 2 saturated heterocycles. The number of piperazine rings is 1. The van der Waals surface area contributed by atoms with Gasteiger partial charge in [-0.1, -0.05) is 23.7 Å². The first-order valence-electron chi connectivity index (χ1n) is 11.5. The van der Waals surface area contributed by atoms with Crippen LogP contribution in [0.4, 0.5) is 0 Å². The largest absolute Gasteiger partial charge is 0.339 e. The Bertz CT molecular complexity index is 1190. The van der Waals surface area contributed by atoms with Crippen LogP contribution in [-0.2, 0) is 13.6 Å². The van der Waals surface area contributed by atoms with Gasteiger partial charge in [-0.25, -0.2) is 4.98 Å². The number of amides is 2. The molecule has 0 saturated carbocycles. The Hall–Kier alpha value is -2.90. The van der Waals surface area contributed by atoms with Crippen LogP contribution >= 0.6 is 11.6 Å². The zero-order valence-corrected chi connectivity index (χ0v) is 19.6. The number of carbonyl (C=O) groups excluding carboxylic acids is 2. The molecule has 7 nitrogen and oxygen atoms in total. The number of likely N-dealkylation sites (tertiary alicyclic amines) is 1. The first-order chi connectivity index (χ1) is 16.0. The Morgan fingerprint density at radius 3 is 2.33 bits per heavy atom. The number of imidazole rings is 1. The van der Waals surface area contributed by atoms with E-state index in [-0.39, 0.29) is 11.8 Å². The molecule has 33 heavy (non-hydrogen) atoms. The second-order valence-corrected chi connectivity index (χ2v) is 9.25. The summed E-state index contributed by atoms with van der Waals surface area (Å²) < 4.78 is 2.10. The number of aryl methyl sites for hydroxylation is 1.